The van der Waals surface area contributed by atoms with Gasteiger partial charge in [-0.2, -0.15) is 10.4 Å². The number of nitriles is 1. The Kier molecular flexibility index (Phi) is 5.33. The molecule has 1 aromatic heterocycles. The Morgan fingerprint density at radius 3 is 2.59 bits per heavy atom. The number of aromatic nitrogens is 2. The molecule has 0 unspecified atom stereocenters. The molecule has 0 saturated carbocycles. The number of ether oxygens (including phenoxy) is 1. The molecule has 1 saturated heterocycles. The Bertz CT molecular complexity index is 562. The lowest BCUT2D eigenvalue weighted by Gasteiger charge is -2.43. The first kappa shape index (κ1) is 16.7. The number of aryl methyl sites for hydroxylation is 1. The first-order chi connectivity index (χ1) is 10.5. The molecular formula is C16H25N5O. The van der Waals surface area contributed by atoms with E-state index >= 15 is 0 Å². The highest BCUT2D eigenvalue weighted by Crippen LogP contribution is 2.23. The van der Waals surface area contributed by atoms with Crippen LogP contribution in [-0.4, -0.2) is 53.5 Å². The summed E-state index contributed by atoms with van der Waals surface area (Å²) in [6.07, 6.45) is 1.01. The highest BCUT2D eigenvalue weighted by molar-refractivity contribution is 5.55. The molecule has 1 aromatic rings. The summed E-state index contributed by atoms with van der Waals surface area (Å²) in [6.45, 7) is 12.4. The van der Waals surface area contributed by atoms with E-state index in [0.29, 0.717) is 11.4 Å². The monoisotopic (exact) mass is 303 g/mol. The van der Waals surface area contributed by atoms with E-state index in [2.05, 4.69) is 40.3 Å². The van der Waals surface area contributed by atoms with Gasteiger partial charge in [0.1, 0.15) is 11.6 Å². The third kappa shape index (κ3) is 3.37. The van der Waals surface area contributed by atoms with E-state index in [1.165, 1.54) is 0 Å². The van der Waals surface area contributed by atoms with Crippen LogP contribution in [-0.2, 0) is 4.74 Å². The lowest BCUT2D eigenvalue weighted by Crippen LogP contribution is -2.55. The first-order valence-electron chi connectivity index (χ1n) is 7.82. The van der Waals surface area contributed by atoms with Crippen LogP contribution >= 0.6 is 0 Å². The maximum absolute atomic E-state index is 9.37. The number of nitrogens with zero attached hydrogens (tertiary/aromatic N) is 4. The van der Waals surface area contributed by atoms with Crippen molar-refractivity contribution in [3.05, 3.63) is 16.8 Å². The Morgan fingerprint density at radius 1 is 1.32 bits per heavy atom. The van der Waals surface area contributed by atoms with E-state index in [1.54, 1.807) is 0 Å². The minimum absolute atomic E-state index is 0.0109. The largest absolute Gasteiger partial charge is 0.379 e. The Balaban J connectivity index is 2.14. The van der Waals surface area contributed by atoms with Gasteiger partial charge in [0.25, 0.3) is 0 Å². The van der Waals surface area contributed by atoms with Crippen molar-refractivity contribution in [3.63, 3.8) is 0 Å². The molecule has 0 radical (unpaired) electrons. The molecule has 2 rings (SSSR count). The Hall–Kier alpha value is -1.71. The van der Waals surface area contributed by atoms with Crippen LogP contribution in [0.25, 0.3) is 0 Å². The standard InChI is InChI=1S/C16H25N5O/c1-5-16(4,21-6-8-22-9-7-21)11-18-15-14(10-17)12(2)13(3)19-20-15/h5-9,11H2,1-4H3,(H,18,20)/t16-/m1/s1. The maximum atomic E-state index is 9.37. The van der Waals surface area contributed by atoms with E-state index in [4.69, 9.17) is 4.74 Å². The van der Waals surface area contributed by atoms with Crippen LogP contribution in [0.4, 0.5) is 5.82 Å². The molecular weight excluding hydrogens is 278 g/mol. The third-order valence-corrected chi connectivity index (χ3v) is 4.74. The van der Waals surface area contributed by atoms with Crippen LogP contribution in [0.1, 0.15) is 37.1 Å². The summed E-state index contributed by atoms with van der Waals surface area (Å²) in [5.74, 6) is 0.582. The lowest BCUT2D eigenvalue weighted by atomic mass is 9.95. The zero-order chi connectivity index (χ0) is 16.2. The molecule has 0 bridgehead atoms. The van der Waals surface area contributed by atoms with Crippen LogP contribution < -0.4 is 5.32 Å². The highest BCUT2D eigenvalue weighted by Gasteiger charge is 2.31. The molecule has 1 N–H and O–H groups in total. The third-order valence-electron chi connectivity index (χ3n) is 4.74. The fourth-order valence-corrected chi connectivity index (χ4v) is 2.71. The van der Waals surface area contributed by atoms with Gasteiger partial charge in [-0.25, -0.2) is 0 Å². The second kappa shape index (κ2) is 7.03. The molecule has 2 heterocycles. The van der Waals surface area contributed by atoms with E-state index < -0.39 is 0 Å². The summed E-state index contributed by atoms with van der Waals surface area (Å²) in [5, 5.41) is 21.0. The van der Waals surface area contributed by atoms with Gasteiger partial charge >= 0.3 is 0 Å². The van der Waals surface area contributed by atoms with Gasteiger partial charge in [-0.15, -0.1) is 5.10 Å². The molecule has 0 aliphatic carbocycles. The number of hydrogen-bond acceptors (Lipinski definition) is 6. The molecule has 1 aliphatic rings. The summed E-state index contributed by atoms with van der Waals surface area (Å²) in [7, 11) is 0. The second-order valence-electron chi connectivity index (χ2n) is 6.05. The summed E-state index contributed by atoms with van der Waals surface area (Å²) >= 11 is 0. The number of nitrogens with one attached hydrogen (secondary N) is 1. The maximum Gasteiger partial charge on any atom is 0.166 e. The van der Waals surface area contributed by atoms with Crippen molar-refractivity contribution in [3.8, 4) is 6.07 Å². The van der Waals surface area contributed by atoms with Crippen LogP contribution in [0, 0.1) is 25.2 Å². The van der Waals surface area contributed by atoms with Crippen molar-refractivity contribution in [1.29, 1.82) is 5.26 Å². The zero-order valence-corrected chi connectivity index (χ0v) is 13.9. The molecule has 120 valence electrons. The predicted octanol–water partition coefficient (Wildman–Crippen LogP) is 1.88. The first-order valence-corrected chi connectivity index (χ1v) is 7.82. The topological polar surface area (TPSA) is 74.1 Å². The number of morpholine rings is 1. The molecule has 0 spiro atoms. The fraction of sp³-hybridized carbons (Fsp3) is 0.688. The number of hydrogen-bond donors (Lipinski definition) is 1. The van der Waals surface area contributed by atoms with Gasteiger partial charge in [-0.05, 0) is 32.8 Å². The number of rotatable bonds is 5. The van der Waals surface area contributed by atoms with Crippen molar-refractivity contribution >= 4 is 5.82 Å². The van der Waals surface area contributed by atoms with Gasteiger partial charge in [0.15, 0.2) is 5.82 Å². The molecule has 1 atom stereocenters. The average Bonchev–Trinajstić information content (AvgIpc) is 2.56. The smallest absolute Gasteiger partial charge is 0.166 e. The molecule has 0 amide bonds. The molecule has 0 aromatic carbocycles. The minimum atomic E-state index is 0.0109. The lowest BCUT2D eigenvalue weighted by molar-refractivity contribution is -0.0131. The summed E-state index contributed by atoms with van der Waals surface area (Å²) in [4.78, 5) is 2.45. The zero-order valence-electron chi connectivity index (χ0n) is 13.9. The molecule has 1 aliphatic heterocycles. The quantitative estimate of drug-likeness (QED) is 0.895. The van der Waals surface area contributed by atoms with E-state index in [9.17, 15) is 5.26 Å². The molecule has 6 heteroatoms. The van der Waals surface area contributed by atoms with Crippen LogP contribution in [0.15, 0.2) is 0 Å². The van der Waals surface area contributed by atoms with Crippen molar-refractivity contribution < 1.29 is 4.74 Å². The van der Waals surface area contributed by atoms with Crippen molar-refractivity contribution in [2.75, 3.05) is 38.2 Å². The van der Waals surface area contributed by atoms with Crippen molar-refractivity contribution in [2.45, 2.75) is 39.7 Å². The minimum Gasteiger partial charge on any atom is -0.379 e. The van der Waals surface area contributed by atoms with Crippen molar-refractivity contribution in [1.82, 2.24) is 15.1 Å². The van der Waals surface area contributed by atoms with Gasteiger partial charge in [-0.1, -0.05) is 6.92 Å². The van der Waals surface area contributed by atoms with E-state index in [1.807, 2.05) is 13.8 Å². The van der Waals surface area contributed by atoms with Gasteiger partial charge < -0.3 is 10.1 Å². The summed E-state index contributed by atoms with van der Waals surface area (Å²) in [6, 6.07) is 2.24. The van der Waals surface area contributed by atoms with Crippen molar-refractivity contribution in [2.24, 2.45) is 0 Å². The fourth-order valence-electron chi connectivity index (χ4n) is 2.71. The van der Waals surface area contributed by atoms with Crippen LogP contribution in [0.2, 0.25) is 0 Å². The molecule has 6 nitrogen and oxygen atoms in total. The van der Waals surface area contributed by atoms with Gasteiger partial charge in [0.05, 0.1) is 18.9 Å². The normalized spacial score (nSPS) is 18.5. The SMILES string of the molecule is CC[C@](C)(CNc1nnc(C)c(C)c1C#N)N1CCOCC1. The van der Waals surface area contributed by atoms with Gasteiger partial charge in [0, 0.05) is 25.2 Å². The Morgan fingerprint density at radius 2 is 2.00 bits per heavy atom. The molecule has 22 heavy (non-hydrogen) atoms. The van der Waals surface area contributed by atoms with Crippen LogP contribution in [0.5, 0.6) is 0 Å². The number of anilines is 1. The van der Waals surface area contributed by atoms with E-state index in [-0.39, 0.29) is 5.54 Å². The van der Waals surface area contributed by atoms with Crippen LogP contribution in [0.3, 0.4) is 0 Å². The highest BCUT2D eigenvalue weighted by atomic mass is 16.5. The predicted molar refractivity (Wildman–Crippen MR) is 85.8 cm³/mol. The van der Waals surface area contributed by atoms with E-state index in [0.717, 1.165) is 50.5 Å². The summed E-state index contributed by atoms with van der Waals surface area (Å²) < 4.78 is 5.44. The van der Waals surface area contributed by atoms with Gasteiger partial charge in [-0.3, -0.25) is 4.90 Å². The molecule has 1 fully saturated rings. The average molecular weight is 303 g/mol. The second-order valence-corrected chi connectivity index (χ2v) is 6.05. The summed E-state index contributed by atoms with van der Waals surface area (Å²) in [5.41, 5.74) is 2.29. The Labute approximate surface area is 132 Å². The van der Waals surface area contributed by atoms with Gasteiger partial charge in [0.2, 0.25) is 0 Å².